The van der Waals surface area contributed by atoms with E-state index in [1.807, 2.05) is 30.3 Å². The van der Waals surface area contributed by atoms with E-state index < -0.39 is 21.9 Å². The highest BCUT2D eigenvalue weighted by molar-refractivity contribution is 7.89. The Hall–Kier alpha value is -2.79. The number of likely N-dealkylation sites (tertiary alicyclic amines) is 1. The average Bonchev–Trinajstić information content (AvgIpc) is 3.31. The fourth-order valence-corrected chi connectivity index (χ4v) is 6.12. The Balaban J connectivity index is 1.36. The van der Waals surface area contributed by atoms with Crippen LogP contribution in [-0.4, -0.2) is 63.3 Å². The Morgan fingerprint density at radius 2 is 1.77 bits per heavy atom. The van der Waals surface area contributed by atoms with E-state index in [0.29, 0.717) is 57.7 Å². The first-order valence-corrected chi connectivity index (χ1v) is 13.4. The van der Waals surface area contributed by atoms with E-state index in [9.17, 15) is 18.0 Å². The smallest absolute Gasteiger partial charge is 0.241 e. The fraction of sp³-hybridized carbons (Fsp3) is 0.440. The number of nitrogens with zero attached hydrogens (tertiary/aromatic N) is 1. The third kappa shape index (κ3) is 5.25. The molecular formula is C25H29N3O6S. The van der Waals surface area contributed by atoms with Crippen molar-refractivity contribution in [2.75, 3.05) is 31.6 Å². The van der Waals surface area contributed by atoms with Crippen molar-refractivity contribution in [1.82, 2.24) is 9.62 Å². The molecule has 0 saturated carbocycles. The molecule has 186 valence electrons. The number of anilines is 1. The zero-order valence-electron chi connectivity index (χ0n) is 19.4. The van der Waals surface area contributed by atoms with E-state index in [1.165, 1.54) is 6.07 Å². The molecule has 9 nitrogen and oxygen atoms in total. The van der Waals surface area contributed by atoms with Gasteiger partial charge in [-0.1, -0.05) is 30.3 Å². The first-order valence-electron chi connectivity index (χ1n) is 11.9. The zero-order valence-corrected chi connectivity index (χ0v) is 20.2. The van der Waals surface area contributed by atoms with E-state index >= 15 is 0 Å². The van der Waals surface area contributed by atoms with E-state index in [-0.39, 0.29) is 23.1 Å². The molecule has 1 atom stereocenters. The second kappa shape index (κ2) is 9.69. The van der Waals surface area contributed by atoms with Crippen LogP contribution in [0.5, 0.6) is 0 Å². The predicted molar refractivity (Wildman–Crippen MR) is 128 cm³/mol. The molecule has 2 saturated heterocycles. The number of benzene rings is 2. The number of amides is 2. The van der Waals surface area contributed by atoms with Crippen LogP contribution in [0.25, 0.3) is 0 Å². The molecule has 2 fully saturated rings. The summed E-state index contributed by atoms with van der Waals surface area (Å²) in [6.07, 6.45) is 2.12. The van der Waals surface area contributed by atoms with Gasteiger partial charge in [-0.05, 0) is 42.2 Å². The van der Waals surface area contributed by atoms with Gasteiger partial charge in [0, 0.05) is 38.0 Å². The van der Waals surface area contributed by atoms with Crippen molar-refractivity contribution in [3.05, 3.63) is 59.7 Å². The van der Waals surface area contributed by atoms with Gasteiger partial charge in [-0.2, -0.15) is 4.72 Å². The van der Waals surface area contributed by atoms with Gasteiger partial charge in [0.2, 0.25) is 21.8 Å². The number of aryl methyl sites for hydroxylation is 1. The van der Waals surface area contributed by atoms with Crippen LogP contribution in [0.4, 0.5) is 5.69 Å². The zero-order chi connectivity index (χ0) is 24.5. The van der Waals surface area contributed by atoms with Crippen molar-refractivity contribution in [1.29, 1.82) is 0 Å². The van der Waals surface area contributed by atoms with Gasteiger partial charge >= 0.3 is 0 Å². The minimum atomic E-state index is -3.99. The summed E-state index contributed by atoms with van der Waals surface area (Å²) in [4.78, 5) is 27.0. The summed E-state index contributed by atoms with van der Waals surface area (Å²) in [5, 5.41) is 2.76. The number of hydrogen-bond donors (Lipinski definition) is 2. The van der Waals surface area contributed by atoms with Crippen molar-refractivity contribution in [2.45, 2.75) is 48.8 Å². The number of rotatable bonds is 6. The maximum absolute atomic E-state index is 13.6. The molecule has 10 heteroatoms. The SMILES string of the molecule is O=C1CCc2cc(S(=O)(=O)NC(Cc3ccccc3)C(=O)N3CCC4(CC3)OCCO4)ccc2N1. The number of piperidine rings is 1. The summed E-state index contributed by atoms with van der Waals surface area (Å²) in [6, 6.07) is 13.0. The minimum Gasteiger partial charge on any atom is -0.347 e. The van der Waals surface area contributed by atoms with E-state index in [2.05, 4.69) is 10.0 Å². The van der Waals surface area contributed by atoms with Crippen LogP contribution >= 0.6 is 0 Å². The van der Waals surface area contributed by atoms with Gasteiger partial charge in [-0.15, -0.1) is 0 Å². The van der Waals surface area contributed by atoms with Crippen LogP contribution in [-0.2, 0) is 41.9 Å². The van der Waals surface area contributed by atoms with Crippen LogP contribution in [0, 0.1) is 0 Å². The number of nitrogens with one attached hydrogen (secondary N) is 2. The largest absolute Gasteiger partial charge is 0.347 e. The van der Waals surface area contributed by atoms with Gasteiger partial charge in [0.25, 0.3) is 0 Å². The summed E-state index contributed by atoms with van der Waals surface area (Å²) in [6.45, 7) is 1.97. The molecule has 35 heavy (non-hydrogen) atoms. The standard InChI is InChI=1S/C25H29N3O6S/c29-23-9-6-19-17-20(7-8-21(19)26-23)35(31,32)27-22(16-18-4-2-1-3-5-18)24(30)28-12-10-25(11-13-28)33-14-15-34-25/h1-5,7-8,17,22,27H,6,9-16H2,(H,26,29). The van der Waals surface area contributed by atoms with Crippen molar-refractivity contribution in [3.8, 4) is 0 Å². The molecule has 3 heterocycles. The molecule has 0 bridgehead atoms. The summed E-state index contributed by atoms with van der Waals surface area (Å²) in [5.74, 6) is -0.976. The Labute approximate surface area is 204 Å². The lowest BCUT2D eigenvalue weighted by Gasteiger charge is -2.38. The molecule has 0 radical (unpaired) electrons. The number of hydrogen-bond acceptors (Lipinski definition) is 6. The lowest BCUT2D eigenvalue weighted by molar-refractivity contribution is -0.187. The lowest BCUT2D eigenvalue weighted by atomic mass is 10.0. The Kier molecular flexibility index (Phi) is 6.63. The van der Waals surface area contributed by atoms with Gasteiger partial charge in [-0.25, -0.2) is 8.42 Å². The Morgan fingerprint density at radius 1 is 1.06 bits per heavy atom. The van der Waals surface area contributed by atoms with E-state index in [1.54, 1.807) is 17.0 Å². The highest BCUT2D eigenvalue weighted by Crippen LogP contribution is 2.32. The molecule has 2 aromatic carbocycles. The van der Waals surface area contributed by atoms with Crippen molar-refractivity contribution in [3.63, 3.8) is 0 Å². The first-order chi connectivity index (χ1) is 16.8. The first kappa shape index (κ1) is 23.9. The van der Waals surface area contributed by atoms with Crippen LogP contribution < -0.4 is 10.0 Å². The second-order valence-corrected chi connectivity index (χ2v) is 10.9. The summed E-state index contributed by atoms with van der Waals surface area (Å²) < 4.78 is 40.9. The fourth-order valence-electron chi connectivity index (χ4n) is 4.89. The topological polar surface area (TPSA) is 114 Å². The van der Waals surface area contributed by atoms with Crippen LogP contribution in [0.2, 0.25) is 0 Å². The van der Waals surface area contributed by atoms with Crippen molar-refractivity contribution < 1.29 is 27.5 Å². The van der Waals surface area contributed by atoms with Crippen LogP contribution in [0.1, 0.15) is 30.4 Å². The predicted octanol–water partition coefficient (Wildman–Crippen LogP) is 1.83. The van der Waals surface area contributed by atoms with Crippen molar-refractivity contribution in [2.24, 2.45) is 0 Å². The monoisotopic (exact) mass is 499 g/mol. The van der Waals surface area contributed by atoms with Gasteiger partial charge in [0.15, 0.2) is 5.79 Å². The summed E-state index contributed by atoms with van der Waals surface area (Å²) in [7, 11) is -3.99. The van der Waals surface area contributed by atoms with E-state index in [4.69, 9.17) is 9.47 Å². The summed E-state index contributed by atoms with van der Waals surface area (Å²) in [5.41, 5.74) is 2.24. The molecule has 5 rings (SSSR count). The van der Waals surface area contributed by atoms with Gasteiger partial charge in [0.05, 0.1) is 18.1 Å². The number of sulfonamides is 1. The highest BCUT2D eigenvalue weighted by atomic mass is 32.2. The molecular weight excluding hydrogens is 470 g/mol. The molecule has 0 aliphatic carbocycles. The quantitative estimate of drug-likeness (QED) is 0.627. The lowest BCUT2D eigenvalue weighted by Crippen LogP contribution is -2.54. The third-order valence-corrected chi connectivity index (χ3v) is 8.28. The summed E-state index contributed by atoms with van der Waals surface area (Å²) >= 11 is 0. The van der Waals surface area contributed by atoms with Gasteiger partial charge in [0.1, 0.15) is 6.04 Å². The number of carbonyl (C=O) groups is 2. The Morgan fingerprint density at radius 3 is 2.49 bits per heavy atom. The van der Waals surface area contributed by atoms with Crippen LogP contribution in [0.3, 0.4) is 0 Å². The molecule has 2 N–H and O–H groups in total. The maximum Gasteiger partial charge on any atom is 0.241 e. The highest BCUT2D eigenvalue weighted by Gasteiger charge is 2.42. The number of carbonyl (C=O) groups excluding carboxylic acids is 2. The number of ether oxygens (including phenoxy) is 2. The molecule has 1 unspecified atom stereocenters. The Bertz CT molecular complexity index is 1200. The molecule has 2 amide bonds. The average molecular weight is 500 g/mol. The third-order valence-electron chi connectivity index (χ3n) is 6.81. The van der Waals surface area contributed by atoms with Crippen molar-refractivity contribution >= 4 is 27.5 Å². The maximum atomic E-state index is 13.6. The molecule has 2 aromatic rings. The molecule has 0 aromatic heterocycles. The minimum absolute atomic E-state index is 0.0728. The van der Waals surface area contributed by atoms with Crippen LogP contribution in [0.15, 0.2) is 53.4 Å². The molecule has 3 aliphatic heterocycles. The van der Waals surface area contributed by atoms with Gasteiger partial charge < -0.3 is 19.7 Å². The number of fused-ring (bicyclic) bond motifs is 1. The normalized spacial score (nSPS) is 20.3. The van der Waals surface area contributed by atoms with E-state index in [0.717, 1.165) is 11.1 Å². The molecule has 3 aliphatic rings. The second-order valence-electron chi connectivity index (χ2n) is 9.16. The van der Waals surface area contributed by atoms with Gasteiger partial charge in [-0.3, -0.25) is 9.59 Å². The molecule has 1 spiro atoms.